The maximum absolute atomic E-state index is 12.1. The van der Waals surface area contributed by atoms with E-state index in [1.165, 1.54) is 12.1 Å². The van der Waals surface area contributed by atoms with E-state index in [0.717, 1.165) is 11.3 Å². The number of hydrogen-bond acceptors (Lipinski definition) is 5. The van der Waals surface area contributed by atoms with E-state index < -0.39 is 16.0 Å². The van der Waals surface area contributed by atoms with Gasteiger partial charge in [-0.25, -0.2) is 13.1 Å². The smallest absolute Gasteiger partial charge is 0.306 e. The van der Waals surface area contributed by atoms with E-state index in [1.54, 1.807) is 0 Å². The van der Waals surface area contributed by atoms with Gasteiger partial charge in [0.1, 0.15) is 15.2 Å². The Morgan fingerprint density at radius 1 is 1.35 bits per heavy atom. The number of nitrogens with one attached hydrogen (secondary N) is 1. The van der Waals surface area contributed by atoms with Gasteiger partial charge in [0.15, 0.2) is 0 Å². The topological polar surface area (TPSA) is 107 Å². The normalized spacial score (nSPS) is 23.1. The zero-order valence-corrected chi connectivity index (χ0v) is 12.2. The van der Waals surface area contributed by atoms with Crippen LogP contribution in [0, 0.1) is 17.2 Å². The molecule has 0 unspecified atom stereocenters. The minimum absolute atomic E-state index is 0.120. The molecule has 0 atom stereocenters. The van der Waals surface area contributed by atoms with E-state index in [4.69, 9.17) is 10.4 Å². The lowest BCUT2D eigenvalue weighted by Crippen LogP contribution is -2.38. The molecule has 1 aromatic heterocycles. The fourth-order valence-corrected chi connectivity index (χ4v) is 4.69. The summed E-state index contributed by atoms with van der Waals surface area (Å²) in [6, 6.07) is 4.55. The molecule has 1 saturated carbocycles. The third kappa shape index (κ3) is 3.36. The number of carboxylic acids is 1. The van der Waals surface area contributed by atoms with E-state index >= 15 is 0 Å². The van der Waals surface area contributed by atoms with Crippen molar-refractivity contribution in [3.8, 4) is 6.07 Å². The van der Waals surface area contributed by atoms with Crippen molar-refractivity contribution in [1.82, 2.24) is 4.72 Å². The summed E-state index contributed by atoms with van der Waals surface area (Å²) >= 11 is 0.928. The summed E-state index contributed by atoms with van der Waals surface area (Å²) in [6.45, 7) is 0. The molecule has 108 valence electrons. The van der Waals surface area contributed by atoms with Gasteiger partial charge in [-0.2, -0.15) is 5.26 Å². The highest BCUT2D eigenvalue weighted by Gasteiger charge is 2.29. The van der Waals surface area contributed by atoms with Crippen molar-refractivity contribution in [1.29, 1.82) is 5.26 Å². The molecule has 0 saturated heterocycles. The van der Waals surface area contributed by atoms with Gasteiger partial charge in [0.05, 0.1) is 5.92 Å². The van der Waals surface area contributed by atoms with Crippen LogP contribution in [0.3, 0.4) is 0 Å². The zero-order chi connectivity index (χ0) is 14.8. The molecule has 0 amide bonds. The minimum atomic E-state index is -3.62. The number of carbonyl (C=O) groups is 1. The third-order valence-electron chi connectivity index (χ3n) is 3.35. The van der Waals surface area contributed by atoms with Gasteiger partial charge in [-0.3, -0.25) is 4.79 Å². The van der Waals surface area contributed by atoms with Crippen LogP contribution in [0.5, 0.6) is 0 Å². The number of aliphatic carboxylic acids is 1. The second-order valence-electron chi connectivity index (χ2n) is 4.74. The maximum Gasteiger partial charge on any atom is 0.306 e. The molecule has 1 heterocycles. The van der Waals surface area contributed by atoms with Crippen LogP contribution in [-0.4, -0.2) is 25.5 Å². The molecule has 6 nitrogen and oxygen atoms in total. The summed E-state index contributed by atoms with van der Waals surface area (Å²) in [5.41, 5.74) is 0. The Bertz CT molecular complexity index is 637. The molecule has 20 heavy (non-hydrogen) atoms. The third-order valence-corrected chi connectivity index (χ3v) is 6.36. The number of rotatable bonds is 4. The molecule has 2 rings (SSSR count). The summed E-state index contributed by atoms with van der Waals surface area (Å²) in [4.78, 5) is 11.2. The highest BCUT2D eigenvalue weighted by Crippen LogP contribution is 2.27. The van der Waals surface area contributed by atoms with Crippen LogP contribution in [0.4, 0.5) is 0 Å². The van der Waals surface area contributed by atoms with Crippen molar-refractivity contribution in [2.24, 2.45) is 5.92 Å². The molecule has 0 aliphatic heterocycles. The number of nitrogens with zero attached hydrogens (tertiary/aromatic N) is 1. The van der Waals surface area contributed by atoms with Gasteiger partial charge in [-0.1, -0.05) is 0 Å². The van der Waals surface area contributed by atoms with Gasteiger partial charge in [0.25, 0.3) is 0 Å². The fourth-order valence-electron chi connectivity index (χ4n) is 2.26. The Hall–Kier alpha value is -1.43. The largest absolute Gasteiger partial charge is 0.481 e. The fraction of sp³-hybridized carbons (Fsp3) is 0.500. The van der Waals surface area contributed by atoms with E-state index in [2.05, 4.69) is 4.72 Å². The maximum atomic E-state index is 12.1. The SMILES string of the molecule is N#Cc1ccc(S(=O)(=O)NC2CCC(C(=O)O)CC2)s1. The monoisotopic (exact) mass is 314 g/mol. The first kappa shape index (κ1) is 15.0. The van der Waals surface area contributed by atoms with Gasteiger partial charge < -0.3 is 5.11 Å². The van der Waals surface area contributed by atoms with E-state index in [-0.39, 0.29) is 16.2 Å². The quantitative estimate of drug-likeness (QED) is 0.876. The van der Waals surface area contributed by atoms with Gasteiger partial charge in [0.2, 0.25) is 10.0 Å². The van der Waals surface area contributed by atoms with Crippen LogP contribution >= 0.6 is 11.3 Å². The lowest BCUT2D eigenvalue weighted by Gasteiger charge is -2.26. The van der Waals surface area contributed by atoms with Crippen molar-refractivity contribution >= 4 is 27.3 Å². The average Bonchev–Trinajstić information content (AvgIpc) is 2.88. The molecule has 0 aromatic carbocycles. The molecule has 0 radical (unpaired) electrons. The number of hydrogen-bond donors (Lipinski definition) is 2. The van der Waals surface area contributed by atoms with Gasteiger partial charge in [-0.05, 0) is 37.8 Å². The molecular weight excluding hydrogens is 300 g/mol. The number of sulfonamides is 1. The number of carboxylic acid groups (broad SMARTS) is 1. The Kier molecular flexibility index (Phi) is 4.42. The van der Waals surface area contributed by atoms with Crippen LogP contribution in [0.15, 0.2) is 16.3 Å². The first-order valence-corrected chi connectivity index (χ1v) is 8.47. The highest BCUT2D eigenvalue weighted by atomic mass is 32.2. The first-order valence-electron chi connectivity index (χ1n) is 6.17. The van der Waals surface area contributed by atoms with Crippen molar-refractivity contribution in [3.63, 3.8) is 0 Å². The van der Waals surface area contributed by atoms with Gasteiger partial charge in [0, 0.05) is 6.04 Å². The van der Waals surface area contributed by atoms with Crippen molar-refractivity contribution < 1.29 is 18.3 Å². The number of thiophene rings is 1. The molecule has 0 bridgehead atoms. The molecule has 1 fully saturated rings. The molecule has 0 spiro atoms. The first-order chi connectivity index (χ1) is 9.42. The van der Waals surface area contributed by atoms with Gasteiger partial charge >= 0.3 is 5.97 Å². The molecule has 8 heteroatoms. The van der Waals surface area contributed by atoms with Crippen LogP contribution in [0.1, 0.15) is 30.6 Å². The lowest BCUT2D eigenvalue weighted by atomic mass is 9.87. The molecular formula is C12H14N2O4S2. The van der Waals surface area contributed by atoms with Crippen LogP contribution in [0.2, 0.25) is 0 Å². The Labute approximate surface area is 121 Å². The summed E-state index contributed by atoms with van der Waals surface area (Å²) in [5.74, 6) is -1.19. The van der Waals surface area contributed by atoms with Gasteiger partial charge in [-0.15, -0.1) is 11.3 Å². The predicted molar refractivity (Wildman–Crippen MR) is 72.7 cm³/mol. The Morgan fingerprint density at radius 3 is 2.50 bits per heavy atom. The molecule has 2 N–H and O–H groups in total. The summed E-state index contributed by atoms with van der Waals surface area (Å²) < 4.78 is 26.9. The zero-order valence-electron chi connectivity index (χ0n) is 10.6. The lowest BCUT2D eigenvalue weighted by molar-refractivity contribution is -0.142. The molecule has 1 aliphatic rings. The molecule has 1 aliphatic carbocycles. The van der Waals surface area contributed by atoms with Crippen molar-refractivity contribution in [2.75, 3.05) is 0 Å². The van der Waals surface area contributed by atoms with Crippen LogP contribution in [0.25, 0.3) is 0 Å². The predicted octanol–water partition coefficient (Wildman–Crippen LogP) is 1.54. The summed E-state index contributed by atoms with van der Waals surface area (Å²) in [6.07, 6.45) is 2.01. The van der Waals surface area contributed by atoms with Crippen LogP contribution in [-0.2, 0) is 14.8 Å². The molecule has 1 aromatic rings. The van der Waals surface area contributed by atoms with E-state index in [1.807, 2.05) is 6.07 Å². The summed E-state index contributed by atoms with van der Waals surface area (Å²) in [7, 11) is -3.62. The Morgan fingerprint density at radius 2 is 2.00 bits per heavy atom. The van der Waals surface area contributed by atoms with E-state index in [9.17, 15) is 13.2 Å². The Balaban J connectivity index is 2.00. The highest BCUT2D eigenvalue weighted by molar-refractivity contribution is 7.91. The second kappa shape index (κ2) is 5.91. The second-order valence-corrected chi connectivity index (χ2v) is 7.76. The average molecular weight is 314 g/mol. The minimum Gasteiger partial charge on any atom is -0.481 e. The van der Waals surface area contributed by atoms with Crippen LogP contribution < -0.4 is 4.72 Å². The van der Waals surface area contributed by atoms with Crippen molar-refractivity contribution in [2.45, 2.75) is 35.9 Å². The number of nitriles is 1. The standard InChI is InChI=1S/C12H14N2O4S2/c13-7-10-5-6-11(19-10)20(17,18)14-9-3-1-8(2-4-9)12(15)16/h5-6,8-9,14H,1-4H2,(H,15,16). The summed E-state index contributed by atoms with van der Waals surface area (Å²) in [5, 5.41) is 17.6. The van der Waals surface area contributed by atoms with E-state index in [0.29, 0.717) is 30.6 Å². The van der Waals surface area contributed by atoms with Crippen molar-refractivity contribution in [3.05, 3.63) is 17.0 Å².